The van der Waals surface area contributed by atoms with E-state index < -0.39 is 0 Å². The van der Waals surface area contributed by atoms with Crippen LogP contribution in [0.25, 0.3) is 21.9 Å². The molecule has 0 bridgehead atoms. The lowest BCUT2D eigenvalue weighted by Gasteiger charge is -2.33. The van der Waals surface area contributed by atoms with E-state index in [2.05, 4.69) is 55.3 Å². The van der Waals surface area contributed by atoms with Crippen LogP contribution in [0.5, 0.6) is 0 Å². The first kappa shape index (κ1) is 22.7. The zero-order valence-electron chi connectivity index (χ0n) is 20.3. The topological polar surface area (TPSA) is 77.5 Å². The molecular formula is C27H31N7O. The number of pyridine rings is 3. The Kier molecular flexibility index (Phi) is 6.29. The first-order chi connectivity index (χ1) is 17.0. The molecule has 1 amide bonds. The van der Waals surface area contributed by atoms with E-state index in [1.54, 1.807) is 18.5 Å². The highest BCUT2D eigenvalue weighted by Crippen LogP contribution is 2.26. The molecule has 1 aliphatic rings. The van der Waals surface area contributed by atoms with Crippen molar-refractivity contribution in [1.29, 1.82) is 0 Å². The number of fused-ring (bicyclic) bond motifs is 1. The minimum atomic E-state index is -0.200. The van der Waals surface area contributed by atoms with Gasteiger partial charge in [-0.25, -0.2) is 15.0 Å². The Morgan fingerprint density at radius 2 is 1.69 bits per heavy atom. The highest BCUT2D eigenvalue weighted by atomic mass is 16.1. The molecule has 0 spiro atoms. The number of nitrogens with zero attached hydrogens (tertiary/aromatic N) is 6. The third-order valence-electron chi connectivity index (χ3n) is 6.34. The van der Waals surface area contributed by atoms with Gasteiger partial charge in [0.15, 0.2) is 0 Å². The predicted molar refractivity (Wildman–Crippen MR) is 143 cm³/mol. The third kappa shape index (κ3) is 5.07. The molecule has 0 atom stereocenters. The molecule has 4 aromatic rings. The van der Waals surface area contributed by atoms with Gasteiger partial charge in [0.25, 0.3) is 5.91 Å². The number of hydrogen-bond donors (Lipinski definition) is 1. The van der Waals surface area contributed by atoms with Crippen molar-refractivity contribution in [2.24, 2.45) is 0 Å². The maximum absolute atomic E-state index is 13.0. The molecule has 0 saturated carbocycles. The van der Waals surface area contributed by atoms with Crippen LogP contribution in [0.4, 0.5) is 17.5 Å². The van der Waals surface area contributed by atoms with Gasteiger partial charge in [0, 0.05) is 76.8 Å². The van der Waals surface area contributed by atoms with Crippen molar-refractivity contribution < 1.29 is 6.22 Å². The van der Waals surface area contributed by atoms with E-state index in [-0.39, 0.29) is 7.33 Å². The average molecular weight is 470 g/mol. The number of piperazine rings is 1. The fourth-order valence-corrected chi connectivity index (χ4v) is 4.17. The number of hydrogen-bond acceptors (Lipinski definition) is 7. The van der Waals surface area contributed by atoms with E-state index in [1.807, 2.05) is 49.5 Å². The molecule has 1 saturated heterocycles. The second-order valence-electron chi connectivity index (χ2n) is 9.08. The number of aromatic nitrogens is 3. The Morgan fingerprint density at radius 1 is 0.886 bits per heavy atom. The summed E-state index contributed by atoms with van der Waals surface area (Å²) in [7, 11) is 6.06. The van der Waals surface area contributed by atoms with Crippen molar-refractivity contribution in [3.8, 4) is 11.1 Å². The number of carbonyl (C=O) groups is 1. The zero-order valence-corrected chi connectivity index (χ0v) is 20.3. The molecule has 1 fully saturated rings. The first-order valence-electron chi connectivity index (χ1n) is 11.7. The second-order valence-corrected chi connectivity index (χ2v) is 9.08. The number of anilines is 3. The van der Waals surface area contributed by atoms with Crippen molar-refractivity contribution in [2.75, 3.05) is 62.4 Å². The number of amides is 1. The smallest absolute Gasteiger partial charge is 0.257 e. The predicted octanol–water partition coefficient (Wildman–Crippen LogP) is 4.01. The summed E-state index contributed by atoms with van der Waals surface area (Å²) in [5.41, 5.74) is 2.66. The highest BCUT2D eigenvalue weighted by Gasteiger charge is 2.17. The highest BCUT2D eigenvalue weighted by molar-refractivity contribution is 6.05. The minimum Gasteiger partial charge on any atom is -0.363 e. The van der Waals surface area contributed by atoms with Crippen LogP contribution in [-0.4, -0.2) is 73.1 Å². The summed E-state index contributed by atoms with van der Waals surface area (Å²) >= 11 is 0. The molecule has 35 heavy (non-hydrogen) atoms. The van der Waals surface area contributed by atoms with Crippen molar-refractivity contribution in [1.82, 2.24) is 19.9 Å². The molecule has 8 heteroatoms. The summed E-state index contributed by atoms with van der Waals surface area (Å²) in [6.45, 7) is 3.76. The molecule has 0 radical (unpaired) electrons. The lowest BCUT2D eigenvalue weighted by molar-refractivity contribution is 0.102. The molecule has 4 heterocycles. The zero-order chi connectivity index (χ0) is 24.4. The van der Waals surface area contributed by atoms with E-state index in [9.17, 15) is 4.79 Å². The van der Waals surface area contributed by atoms with Gasteiger partial charge >= 0.3 is 0 Å². The number of likely N-dealkylation sites (N-methyl/N-ethyl adjacent to an activating group) is 1. The Balaban J connectivity index is 0.00000304. The summed E-state index contributed by atoms with van der Waals surface area (Å²) in [4.78, 5) is 32.9. The number of carbonyl (C=O) groups excluding carboxylic acids is 1. The van der Waals surface area contributed by atoms with Gasteiger partial charge in [-0.2, -0.15) is 0 Å². The number of rotatable bonds is 5. The standard InChI is InChI=1S/C27H29N7O.H2/c1-32(2)25-7-6-21(18-30-25)19-4-5-22-17-29-24(15-23(22)14-19)31-27(35)20-8-9-28-26(16-20)34-12-10-33(3)11-13-34;/h4-9,14-18H,10-13H2,1-3H3,(H,29,31,35);1H. The van der Waals surface area contributed by atoms with E-state index in [1.165, 1.54) is 0 Å². The molecular weight excluding hydrogens is 438 g/mol. The molecule has 5 rings (SSSR count). The average Bonchev–Trinajstić information content (AvgIpc) is 2.89. The molecule has 0 unspecified atom stereocenters. The molecule has 1 aliphatic heterocycles. The molecule has 1 N–H and O–H groups in total. The fourth-order valence-electron chi connectivity index (χ4n) is 4.17. The molecule has 180 valence electrons. The first-order valence-corrected chi connectivity index (χ1v) is 11.7. The van der Waals surface area contributed by atoms with E-state index in [0.29, 0.717) is 11.4 Å². The largest absolute Gasteiger partial charge is 0.363 e. The van der Waals surface area contributed by atoms with Crippen LogP contribution in [0.1, 0.15) is 11.8 Å². The quantitative estimate of drug-likeness (QED) is 0.473. The minimum absolute atomic E-state index is 0. The van der Waals surface area contributed by atoms with Gasteiger partial charge in [-0.05, 0) is 54.4 Å². The van der Waals surface area contributed by atoms with Crippen LogP contribution in [0, 0.1) is 0 Å². The number of benzene rings is 1. The Labute approximate surface area is 206 Å². The van der Waals surface area contributed by atoms with Gasteiger partial charge in [0.2, 0.25) is 0 Å². The summed E-state index contributed by atoms with van der Waals surface area (Å²) in [5, 5.41) is 4.95. The van der Waals surface area contributed by atoms with Crippen molar-refractivity contribution in [3.05, 3.63) is 72.7 Å². The summed E-state index contributed by atoms with van der Waals surface area (Å²) in [6, 6.07) is 15.7. The van der Waals surface area contributed by atoms with Gasteiger partial charge in [-0.15, -0.1) is 0 Å². The van der Waals surface area contributed by atoms with E-state index in [0.717, 1.165) is 59.7 Å². The fraction of sp³-hybridized carbons (Fsp3) is 0.259. The Bertz CT molecular complexity index is 1350. The summed E-state index contributed by atoms with van der Waals surface area (Å²) in [6.07, 6.45) is 5.35. The summed E-state index contributed by atoms with van der Waals surface area (Å²) in [5.74, 6) is 2.05. The SMILES string of the molecule is CN1CCN(c2cc(C(=O)Nc3cc4cc(-c5ccc(N(C)C)nc5)ccc4cn3)ccn2)CC1.[HH]. The van der Waals surface area contributed by atoms with Gasteiger partial charge in [0.1, 0.15) is 17.5 Å². The Hall–Kier alpha value is -4.04. The maximum Gasteiger partial charge on any atom is 0.257 e. The molecule has 0 aliphatic carbocycles. The maximum atomic E-state index is 13.0. The molecule has 8 nitrogen and oxygen atoms in total. The van der Waals surface area contributed by atoms with Crippen LogP contribution < -0.4 is 15.1 Å². The monoisotopic (exact) mass is 469 g/mol. The van der Waals surface area contributed by atoms with Crippen molar-refractivity contribution in [2.45, 2.75) is 0 Å². The number of nitrogens with one attached hydrogen (secondary N) is 1. The Morgan fingerprint density at radius 3 is 2.43 bits per heavy atom. The molecule has 1 aromatic carbocycles. The normalized spacial score (nSPS) is 14.2. The lowest BCUT2D eigenvalue weighted by Crippen LogP contribution is -2.44. The van der Waals surface area contributed by atoms with Gasteiger partial charge in [-0.3, -0.25) is 4.79 Å². The van der Waals surface area contributed by atoms with Gasteiger partial charge in [0.05, 0.1) is 0 Å². The van der Waals surface area contributed by atoms with Crippen molar-refractivity contribution >= 4 is 34.1 Å². The van der Waals surface area contributed by atoms with Gasteiger partial charge < -0.3 is 20.0 Å². The van der Waals surface area contributed by atoms with Crippen molar-refractivity contribution in [3.63, 3.8) is 0 Å². The van der Waals surface area contributed by atoms with Crippen LogP contribution >= 0.6 is 0 Å². The van der Waals surface area contributed by atoms with Crippen LogP contribution in [0.2, 0.25) is 0 Å². The van der Waals surface area contributed by atoms with Gasteiger partial charge in [-0.1, -0.05) is 12.1 Å². The molecule has 3 aromatic heterocycles. The van der Waals surface area contributed by atoms with E-state index in [4.69, 9.17) is 0 Å². The van der Waals surface area contributed by atoms with Crippen LogP contribution in [-0.2, 0) is 0 Å². The summed E-state index contributed by atoms with van der Waals surface area (Å²) < 4.78 is 0. The van der Waals surface area contributed by atoms with Crippen LogP contribution in [0.15, 0.2) is 67.1 Å². The van der Waals surface area contributed by atoms with Crippen LogP contribution in [0.3, 0.4) is 0 Å². The second kappa shape index (κ2) is 9.68. The lowest BCUT2D eigenvalue weighted by atomic mass is 10.0. The van der Waals surface area contributed by atoms with E-state index >= 15 is 0 Å². The third-order valence-corrected chi connectivity index (χ3v) is 6.34.